The van der Waals surface area contributed by atoms with Crippen molar-refractivity contribution < 1.29 is 9.53 Å². The van der Waals surface area contributed by atoms with E-state index >= 15 is 0 Å². The van der Waals surface area contributed by atoms with Gasteiger partial charge in [0.1, 0.15) is 11.8 Å². The maximum atomic E-state index is 11.4. The Kier molecular flexibility index (Phi) is 5.73. The summed E-state index contributed by atoms with van der Waals surface area (Å²) in [5.41, 5.74) is 0.585. The average Bonchev–Trinajstić information content (AvgIpc) is 2.24. The van der Waals surface area contributed by atoms with Gasteiger partial charge in [0.25, 0.3) is 0 Å². The largest absolute Gasteiger partial charge is 0.372 e. The molecule has 1 heterocycles. The smallest absolute Gasteiger partial charge is 0.250 e. The summed E-state index contributed by atoms with van der Waals surface area (Å²) in [5.74, 6) is -0.204. The van der Waals surface area contributed by atoms with Crippen molar-refractivity contribution in [2.24, 2.45) is 0 Å². The zero-order valence-electron chi connectivity index (χ0n) is 8.80. The molecule has 0 atom stereocenters. The van der Waals surface area contributed by atoms with Gasteiger partial charge in [-0.2, -0.15) is 0 Å². The number of aromatic nitrogens is 1. The molecule has 16 heavy (non-hydrogen) atoms. The van der Waals surface area contributed by atoms with Gasteiger partial charge < -0.3 is 10.1 Å². The summed E-state index contributed by atoms with van der Waals surface area (Å²) in [6, 6.07) is 1.69. The lowest BCUT2D eigenvalue weighted by Gasteiger charge is -2.06. The molecule has 1 aromatic heterocycles. The summed E-state index contributed by atoms with van der Waals surface area (Å²) < 4.78 is 5.74. The lowest BCUT2D eigenvalue weighted by molar-refractivity contribution is -0.120. The molecule has 88 valence electrons. The third-order valence-electron chi connectivity index (χ3n) is 1.66. The molecule has 0 saturated heterocycles. The Hall–Kier alpha value is -0.650. The predicted octanol–water partition coefficient (Wildman–Crippen LogP) is 2.86. The van der Waals surface area contributed by atoms with E-state index in [1.807, 2.05) is 6.92 Å². The molecular formula is C10H12BrClN2O2. The summed E-state index contributed by atoms with van der Waals surface area (Å²) in [5, 5.41) is 3.02. The molecule has 0 bridgehead atoms. The fraction of sp³-hybridized carbons (Fsp3) is 0.400. The van der Waals surface area contributed by atoms with Crippen molar-refractivity contribution in [3.05, 3.63) is 21.9 Å². The van der Waals surface area contributed by atoms with E-state index in [4.69, 9.17) is 16.3 Å². The van der Waals surface area contributed by atoms with E-state index < -0.39 is 0 Å². The van der Waals surface area contributed by atoms with E-state index in [0.717, 1.165) is 6.42 Å². The number of amides is 1. The van der Waals surface area contributed by atoms with Crippen molar-refractivity contribution in [3.63, 3.8) is 0 Å². The van der Waals surface area contributed by atoms with Gasteiger partial charge in [-0.05, 0) is 28.4 Å². The first-order chi connectivity index (χ1) is 7.63. The fourth-order valence-electron chi connectivity index (χ4n) is 0.996. The van der Waals surface area contributed by atoms with Gasteiger partial charge in [0.15, 0.2) is 0 Å². The SMILES string of the molecule is CCCOCC(=O)Nc1cnc(Cl)c(Br)c1. The fourth-order valence-corrected chi connectivity index (χ4v) is 1.45. The molecule has 1 aromatic rings. The molecule has 6 heteroatoms. The molecule has 0 unspecified atom stereocenters. The summed E-state index contributed by atoms with van der Waals surface area (Å²) in [7, 11) is 0. The Morgan fingerprint density at radius 3 is 3.06 bits per heavy atom. The maximum Gasteiger partial charge on any atom is 0.250 e. The zero-order chi connectivity index (χ0) is 12.0. The molecule has 0 aliphatic rings. The van der Waals surface area contributed by atoms with Crippen molar-refractivity contribution in [2.45, 2.75) is 13.3 Å². The van der Waals surface area contributed by atoms with Gasteiger partial charge >= 0.3 is 0 Å². The second kappa shape index (κ2) is 6.83. The number of rotatable bonds is 5. The van der Waals surface area contributed by atoms with Crippen molar-refractivity contribution in [1.82, 2.24) is 4.98 Å². The van der Waals surface area contributed by atoms with E-state index in [0.29, 0.717) is 21.9 Å². The molecule has 0 saturated carbocycles. The number of nitrogens with zero attached hydrogens (tertiary/aromatic N) is 1. The van der Waals surface area contributed by atoms with Crippen LogP contribution in [0.3, 0.4) is 0 Å². The molecule has 1 rings (SSSR count). The Balaban J connectivity index is 2.46. The Morgan fingerprint density at radius 1 is 1.69 bits per heavy atom. The first-order valence-electron chi connectivity index (χ1n) is 4.82. The van der Waals surface area contributed by atoms with Gasteiger partial charge in [0.2, 0.25) is 5.91 Å². The third kappa shape index (κ3) is 4.47. The van der Waals surface area contributed by atoms with Gasteiger partial charge in [0.05, 0.1) is 16.4 Å². The third-order valence-corrected chi connectivity index (χ3v) is 2.80. The van der Waals surface area contributed by atoms with E-state index in [1.165, 1.54) is 6.20 Å². The minimum Gasteiger partial charge on any atom is -0.372 e. The number of hydrogen-bond acceptors (Lipinski definition) is 3. The minimum absolute atomic E-state index is 0.0497. The van der Waals surface area contributed by atoms with Gasteiger partial charge in [-0.15, -0.1) is 0 Å². The molecular weight excluding hydrogens is 295 g/mol. The highest BCUT2D eigenvalue weighted by atomic mass is 79.9. The Morgan fingerprint density at radius 2 is 2.44 bits per heavy atom. The van der Waals surface area contributed by atoms with E-state index in [2.05, 4.69) is 26.2 Å². The van der Waals surface area contributed by atoms with Gasteiger partial charge in [-0.3, -0.25) is 4.79 Å². The maximum absolute atomic E-state index is 11.4. The molecule has 0 fully saturated rings. The number of anilines is 1. The minimum atomic E-state index is -0.204. The number of carbonyl (C=O) groups is 1. The highest BCUT2D eigenvalue weighted by molar-refractivity contribution is 9.10. The first-order valence-corrected chi connectivity index (χ1v) is 5.99. The standard InChI is InChI=1S/C10H12BrClN2O2/c1-2-3-16-6-9(15)14-7-4-8(11)10(12)13-5-7/h4-5H,2-3,6H2,1H3,(H,14,15). The molecule has 0 radical (unpaired) electrons. The Bertz CT molecular complexity index is 374. The second-order valence-electron chi connectivity index (χ2n) is 3.10. The zero-order valence-corrected chi connectivity index (χ0v) is 11.1. The van der Waals surface area contributed by atoms with Crippen LogP contribution in [0.5, 0.6) is 0 Å². The van der Waals surface area contributed by atoms with Crippen LogP contribution in [0, 0.1) is 0 Å². The van der Waals surface area contributed by atoms with Crippen LogP contribution in [-0.2, 0) is 9.53 Å². The topological polar surface area (TPSA) is 51.2 Å². The average molecular weight is 308 g/mol. The summed E-state index contributed by atoms with van der Waals surface area (Å²) >= 11 is 8.95. The number of halogens is 2. The lowest BCUT2D eigenvalue weighted by Crippen LogP contribution is -2.18. The highest BCUT2D eigenvalue weighted by Crippen LogP contribution is 2.22. The van der Waals surface area contributed by atoms with Crippen molar-refractivity contribution in [3.8, 4) is 0 Å². The van der Waals surface area contributed by atoms with Crippen LogP contribution in [-0.4, -0.2) is 24.1 Å². The predicted molar refractivity (Wildman–Crippen MR) is 66.7 cm³/mol. The monoisotopic (exact) mass is 306 g/mol. The van der Waals surface area contributed by atoms with Crippen LogP contribution < -0.4 is 5.32 Å². The van der Waals surface area contributed by atoms with Crippen LogP contribution in [0.15, 0.2) is 16.7 Å². The van der Waals surface area contributed by atoms with Gasteiger partial charge in [-0.25, -0.2) is 4.98 Å². The molecule has 0 aliphatic heterocycles. The molecule has 0 aliphatic carbocycles. The molecule has 1 amide bonds. The summed E-state index contributed by atoms with van der Waals surface area (Å²) in [6.07, 6.45) is 2.38. The van der Waals surface area contributed by atoms with Gasteiger partial charge in [0, 0.05) is 6.61 Å². The highest BCUT2D eigenvalue weighted by Gasteiger charge is 2.04. The first kappa shape index (κ1) is 13.4. The van der Waals surface area contributed by atoms with Gasteiger partial charge in [-0.1, -0.05) is 18.5 Å². The van der Waals surface area contributed by atoms with E-state index in [-0.39, 0.29) is 12.5 Å². The normalized spacial score (nSPS) is 10.2. The van der Waals surface area contributed by atoms with Crippen LogP contribution in [0.25, 0.3) is 0 Å². The number of ether oxygens (including phenoxy) is 1. The molecule has 1 N–H and O–H groups in total. The van der Waals surface area contributed by atoms with Crippen molar-refractivity contribution in [2.75, 3.05) is 18.5 Å². The molecule has 0 spiro atoms. The number of nitrogens with one attached hydrogen (secondary N) is 1. The molecule has 0 aromatic carbocycles. The molecule has 4 nitrogen and oxygen atoms in total. The number of pyridine rings is 1. The number of carbonyl (C=O) groups excluding carboxylic acids is 1. The number of hydrogen-bond donors (Lipinski definition) is 1. The van der Waals surface area contributed by atoms with Crippen LogP contribution in [0.1, 0.15) is 13.3 Å². The van der Waals surface area contributed by atoms with E-state index in [9.17, 15) is 4.79 Å². The lowest BCUT2D eigenvalue weighted by atomic mass is 10.4. The van der Waals surface area contributed by atoms with Crippen LogP contribution >= 0.6 is 27.5 Å². The quantitative estimate of drug-likeness (QED) is 0.672. The summed E-state index contributed by atoms with van der Waals surface area (Å²) in [6.45, 7) is 2.61. The second-order valence-corrected chi connectivity index (χ2v) is 4.31. The van der Waals surface area contributed by atoms with E-state index in [1.54, 1.807) is 6.07 Å². The van der Waals surface area contributed by atoms with Crippen LogP contribution in [0.4, 0.5) is 5.69 Å². The van der Waals surface area contributed by atoms with Crippen molar-refractivity contribution in [1.29, 1.82) is 0 Å². The van der Waals surface area contributed by atoms with Crippen molar-refractivity contribution >= 4 is 39.1 Å². The Labute approximate surface area is 107 Å². The van der Waals surface area contributed by atoms with Crippen LogP contribution in [0.2, 0.25) is 5.15 Å². The summed E-state index contributed by atoms with van der Waals surface area (Å²) in [4.78, 5) is 15.3.